The number of hydrogen-bond acceptors (Lipinski definition) is 2. The smallest absolute Gasteiger partial charge is 0.326 e. The molecule has 0 bridgehead atoms. The second-order valence-electron chi connectivity index (χ2n) is 3.57. The molecular weight excluding hydrogens is 196 g/mol. The molecule has 0 aliphatic rings. The first kappa shape index (κ1) is 13.3. The van der Waals surface area contributed by atoms with Gasteiger partial charge in [0.15, 0.2) is 0 Å². The molecule has 2 amide bonds. The summed E-state index contributed by atoms with van der Waals surface area (Å²) in [4.78, 5) is 22.0. The van der Waals surface area contributed by atoms with Crippen LogP contribution in [0, 0.1) is 18.3 Å². The summed E-state index contributed by atoms with van der Waals surface area (Å²) in [5, 5.41) is 13.6. The van der Waals surface area contributed by atoms with Gasteiger partial charge < -0.3 is 15.7 Å². The van der Waals surface area contributed by atoms with Gasteiger partial charge in [0, 0.05) is 0 Å². The standard InChI is InChI=1S/C10H16N2O3/c1-5-7(4)11-10(15)12-8(6(2)3)9(13)14/h1,6-8H,2-4H3,(H,13,14)(H2,11,12,15)/t7?,8-/m1/s1. The highest BCUT2D eigenvalue weighted by Gasteiger charge is 2.23. The van der Waals surface area contributed by atoms with Crippen LogP contribution in [0.3, 0.4) is 0 Å². The van der Waals surface area contributed by atoms with Gasteiger partial charge in [0.2, 0.25) is 0 Å². The fourth-order valence-corrected chi connectivity index (χ4v) is 0.935. The third-order valence-electron chi connectivity index (χ3n) is 1.82. The summed E-state index contributed by atoms with van der Waals surface area (Å²) in [5.74, 6) is 1.06. The maximum atomic E-state index is 11.3. The third kappa shape index (κ3) is 4.91. The van der Waals surface area contributed by atoms with Gasteiger partial charge in [-0.1, -0.05) is 19.8 Å². The first-order valence-corrected chi connectivity index (χ1v) is 4.64. The number of urea groups is 1. The van der Waals surface area contributed by atoms with Gasteiger partial charge in [-0.25, -0.2) is 9.59 Å². The molecule has 5 heteroatoms. The molecule has 0 radical (unpaired) electrons. The van der Waals surface area contributed by atoms with Crippen molar-refractivity contribution in [2.75, 3.05) is 0 Å². The number of carboxylic acid groups (broad SMARTS) is 1. The van der Waals surface area contributed by atoms with E-state index in [1.54, 1.807) is 20.8 Å². The number of terminal acetylenes is 1. The first-order chi connectivity index (χ1) is 6.88. The van der Waals surface area contributed by atoms with Crippen molar-refractivity contribution in [1.82, 2.24) is 10.6 Å². The number of amides is 2. The average molecular weight is 212 g/mol. The molecule has 5 nitrogen and oxygen atoms in total. The van der Waals surface area contributed by atoms with Crippen molar-refractivity contribution in [3.63, 3.8) is 0 Å². The summed E-state index contributed by atoms with van der Waals surface area (Å²) in [5.41, 5.74) is 0. The number of aliphatic carboxylic acids is 1. The Bertz CT molecular complexity index is 281. The molecule has 0 aliphatic heterocycles. The van der Waals surface area contributed by atoms with Crippen molar-refractivity contribution < 1.29 is 14.7 Å². The van der Waals surface area contributed by atoms with Crippen LogP contribution in [-0.4, -0.2) is 29.2 Å². The third-order valence-corrected chi connectivity index (χ3v) is 1.82. The molecular formula is C10H16N2O3. The normalized spacial score (nSPS) is 13.8. The minimum Gasteiger partial charge on any atom is -0.480 e. The van der Waals surface area contributed by atoms with E-state index in [1.165, 1.54) is 0 Å². The van der Waals surface area contributed by atoms with Gasteiger partial charge in [0.25, 0.3) is 0 Å². The van der Waals surface area contributed by atoms with Crippen LogP contribution >= 0.6 is 0 Å². The number of nitrogens with one attached hydrogen (secondary N) is 2. The van der Waals surface area contributed by atoms with Gasteiger partial charge in [0.1, 0.15) is 6.04 Å². The largest absolute Gasteiger partial charge is 0.480 e. The fourth-order valence-electron chi connectivity index (χ4n) is 0.935. The lowest BCUT2D eigenvalue weighted by Crippen LogP contribution is -2.50. The van der Waals surface area contributed by atoms with Crippen LogP contribution in [0.2, 0.25) is 0 Å². The van der Waals surface area contributed by atoms with Gasteiger partial charge in [-0.2, -0.15) is 0 Å². The summed E-state index contributed by atoms with van der Waals surface area (Å²) in [6, 6.07) is -1.90. The number of hydrogen-bond donors (Lipinski definition) is 3. The van der Waals surface area contributed by atoms with Crippen LogP contribution in [0.4, 0.5) is 4.79 Å². The van der Waals surface area contributed by atoms with Gasteiger partial charge in [-0.15, -0.1) is 6.42 Å². The van der Waals surface area contributed by atoms with Crippen LogP contribution in [0.5, 0.6) is 0 Å². The molecule has 0 aliphatic carbocycles. The zero-order chi connectivity index (χ0) is 12.0. The van der Waals surface area contributed by atoms with E-state index >= 15 is 0 Å². The second-order valence-corrected chi connectivity index (χ2v) is 3.57. The Morgan fingerprint density at radius 3 is 2.13 bits per heavy atom. The molecule has 15 heavy (non-hydrogen) atoms. The van der Waals surface area contributed by atoms with Crippen molar-refractivity contribution in [3.8, 4) is 12.3 Å². The van der Waals surface area contributed by atoms with Crippen molar-refractivity contribution in [2.45, 2.75) is 32.9 Å². The highest BCUT2D eigenvalue weighted by Crippen LogP contribution is 2.01. The predicted molar refractivity (Wildman–Crippen MR) is 56.2 cm³/mol. The van der Waals surface area contributed by atoms with Gasteiger partial charge in [0.05, 0.1) is 6.04 Å². The van der Waals surface area contributed by atoms with E-state index in [-0.39, 0.29) is 5.92 Å². The number of carboxylic acids is 1. The number of carbonyl (C=O) groups excluding carboxylic acids is 1. The fraction of sp³-hybridized carbons (Fsp3) is 0.600. The summed E-state index contributed by atoms with van der Waals surface area (Å²) in [6.07, 6.45) is 5.06. The van der Waals surface area contributed by atoms with E-state index in [0.717, 1.165) is 0 Å². The Labute approximate surface area is 89.2 Å². The Balaban J connectivity index is 4.26. The monoisotopic (exact) mass is 212 g/mol. The minimum atomic E-state index is -1.06. The quantitative estimate of drug-likeness (QED) is 0.591. The zero-order valence-electron chi connectivity index (χ0n) is 9.07. The lowest BCUT2D eigenvalue weighted by atomic mass is 10.1. The molecule has 0 saturated carbocycles. The Morgan fingerprint density at radius 1 is 1.27 bits per heavy atom. The van der Waals surface area contributed by atoms with Crippen molar-refractivity contribution in [3.05, 3.63) is 0 Å². The van der Waals surface area contributed by atoms with Crippen molar-refractivity contribution >= 4 is 12.0 Å². The number of rotatable bonds is 4. The summed E-state index contributed by atoms with van der Waals surface area (Å²) < 4.78 is 0. The molecule has 0 saturated heterocycles. The predicted octanol–water partition coefficient (Wildman–Crippen LogP) is 0.416. The van der Waals surface area contributed by atoms with Crippen molar-refractivity contribution in [2.24, 2.45) is 5.92 Å². The lowest BCUT2D eigenvalue weighted by Gasteiger charge is -2.18. The van der Waals surface area contributed by atoms with E-state index in [1.807, 2.05) is 0 Å². The average Bonchev–Trinajstić information content (AvgIpc) is 2.12. The van der Waals surface area contributed by atoms with Crippen LogP contribution in [0.25, 0.3) is 0 Å². The molecule has 0 heterocycles. The molecule has 3 N–H and O–H groups in total. The highest BCUT2D eigenvalue weighted by molar-refractivity contribution is 5.82. The molecule has 0 rings (SSSR count). The van der Waals surface area contributed by atoms with E-state index in [0.29, 0.717) is 0 Å². The summed E-state index contributed by atoms with van der Waals surface area (Å²) >= 11 is 0. The molecule has 0 aromatic carbocycles. The molecule has 1 unspecified atom stereocenters. The SMILES string of the molecule is C#CC(C)NC(=O)N[C@@H](C(=O)O)C(C)C. The van der Waals surface area contributed by atoms with Gasteiger partial charge in [-0.05, 0) is 12.8 Å². The van der Waals surface area contributed by atoms with Crippen LogP contribution in [0.15, 0.2) is 0 Å². The van der Waals surface area contributed by atoms with E-state index < -0.39 is 24.1 Å². The summed E-state index contributed by atoms with van der Waals surface area (Å²) in [6.45, 7) is 5.05. The van der Waals surface area contributed by atoms with Crippen LogP contribution in [-0.2, 0) is 4.79 Å². The Kier molecular flexibility index (Phi) is 5.24. The topological polar surface area (TPSA) is 78.4 Å². The zero-order valence-corrected chi connectivity index (χ0v) is 9.07. The van der Waals surface area contributed by atoms with E-state index in [9.17, 15) is 9.59 Å². The highest BCUT2D eigenvalue weighted by atomic mass is 16.4. The van der Waals surface area contributed by atoms with Gasteiger partial charge >= 0.3 is 12.0 Å². The maximum absolute atomic E-state index is 11.3. The molecule has 0 aromatic rings. The lowest BCUT2D eigenvalue weighted by molar-refractivity contribution is -0.140. The molecule has 0 spiro atoms. The molecule has 84 valence electrons. The van der Waals surface area contributed by atoms with E-state index in [2.05, 4.69) is 16.6 Å². The van der Waals surface area contributed by atoms with Crippen LogP contribution < -0.4 is 10.6 Å². The first-order valence-electron chi connectivity index (χ1n) is 4.64. The molecule has 0 fully saturated rings. The van der Waals surface area contributed by atoms with Crippen molar-refractivity contribution in [1.29, 1.82) is 0 Å². The number of carbonyl (C=O) groups is 2. The van der Waals surface area contributed by atoms with E-state index in [4.69, 9.17) is 11.5 Å². The molecule has 2 atom stereocenters. The summed E-state index contributed by atoms with van der Waals surface area (Å²) in [7, 11) is 0. The van der Waals surface area contributed by atoms with Gasteiger partial charge in [-0.3, -0.25) is 0 Å². The maximum Gasteiger partial charge on any atom is 0.326 e. The molecule has 0 aromatic heterocycles. The Morgan fingerprint density at radius 2 is 1.80 bits per heavy atom. The minimum absolute atomic E-state index is 0.186. The Hall–Kier alpha value is -1.70. The second kappa shape index (κ2) is 5.91. The van der Waals surface area contributed by atoms with Crippen LogP contribution in [0.1, 0.15) is 20.8 Å².